The Bertz CT molecular complexity index is 258. The molecule has 14 heavy (non-hydrogen) atoms. The molecule has 1 aromatic carbocycles. The normalized spacial score (nSPS) is 7.29. The standard InChI is InChI=1S/C8H10O3.2ClH.Ti/c1-10-6-3-4-7(9)8(5-6)11-2;;;/h3-5,9H,1-2H3;2*1H;. The van der Waals surface area contributed by atoms with Gasteiger partial charge < -0.3 is 14.6 Å². The van der Waals surface area contributed by atoms with Gasteiger partial charge in [-0.1, -0.05) is 0 Å². The van der Waals surface area contributed by atoms with Crippen LogP contribution in [0.5, 0.6) is 17.2 Å². The van der Waals surface area contributed by atoms with Crippen LogP contribution >= 0.6 is 24.8 Å². The van der Waals surface area contributed by atoms with Crippen molar-refractivity contribution in [3.63, 3.8) is 0 Å². The van der Waals surface area contributed by atoms with Crippen molar-refractivity contribution in [2.45, 2.75) is 0 Å². The Morgan fingerprint density at radius 2 is 1.64 bits per heavy atom. The van der Waals surface area contributed by atoms with Crippen LogP contribution in [0.3, 0.4) is 0 Å². The molecule has 0 spiro atoms. The van der Waals surface area contributed by atoms with Crippen molar-refractivity contribution in [2.24, 2.45) is 0 Å². The summed E-state index contributed by atoms with van der Waals surface area (Å²) in [5, 5.41) is 9.15. The van der Waals surface area contributed by atoms with Gasteiger partial charge in [-0.25, -0.2) is 0 Å². The zero-order valence-corrected chi connectivity index (χ0v) is 11.0. The van der Waals surface area contributed by atoms with Gasteiger partial charge in [-0.15, -0.1) is 24.8 Å². The van der Waals surface area contributed by atoms with Crippen molar-refractivity contribution in [1.29, 1.82) is 0 Å². The average molecular weight is 275 g/mol. The molecule has 0 unspecified atom stereocenters. The van der Waals surface area contributed by atoms with E-state index in [1.807, 2.05) is 0 Å². The molecule has 0 bridgehead atoms. The summed E-state index contributed by atoms with van der Waals surface area (Å²) < 4.78 is 9.78. The zero-order valence-electron chi connectivity index (χ0n) is 7.81. The van der Waals surface area contributed by atoms with E-state index < -0.39 is 0 Å². The number of halogens is 2. The Kier molecular flexibility index (Phi) is 13.2. The van der Waals surface area contributed by atoms with Gasteiger partial charge in [0.05, 0.1) is 14.2 Å². The molecule has 80 valence electrons. The summed E-state index contributed by atoms with van der Waals surface area (Å²) in [5.41, 5.74) is 0. The molecule has 0 radical (unpaired) electrons. The fourth-order valence-corrected chi connectivity index (χ4v) is 0.785. The van der Waals surface area contributed by atoms with Crippen LogP contribution in [0.4, 0.5) is 0 Å². The maximum absolute atomic E-state index is 9.15. The van der Waals surface area contributed by atoms with Gasteiger partial charge in [0, 0.05) is 27.8 Å². The van der Waals surface area contributed by atoms with E-state index in [4.69, 9.17) is 14.6 Å². The van der Waals surface area contributed by atoms with Crippen LogP contribution in [-0.4, -0.2) is 19.3 Å². The Balaban J connectivity index is -0.000000403. The molecule has 1 N–H and O–H groups in total. The molecule has 1 aromatic rings. The van der Waals surface area contributed by atoms with Crippen LogP contribution in [0.2, 0.25) is 0 Å². The maximum atomic E-state index is 9.15. The van der Waals surface area contributed by atoms with Gasteiger partial charge in [0.1, 0.15) is 5.75 Å². The second-order valence-corrected chi connectivity index (χ2v) is 2.04. The summed E-state index contributed by atoms with van der Waals surface area (Å²) in [6, 6.07) is 4.81. The minimum Gasteiger partial charge on any atom is -0.504 e. The van der Waals surface area contributed by atoms with E-state index >= 15 is 0 Å². The first kappa shape index (κ1) is 19.5. The summed E-state index contributed by atoms with van der Waals surface area (Å²) in [7, 11) is 3.06. The third-order valence-corrected chi connectivity index (χ3v) is 1.39. The Morgan fingerprint density at radius 1 is 1.07 bits per heavy atom. The van der Waals surface area contributed by atoms with Gasteiger partial charge in [0.2, 0.25) is 0 Å². The molecule has 0 aliphatic heterocycles. The molecule has 0 saturated heterocycles. The van der Waals surface area contributed by atoms with Crippen LogP contribution in [0.15, 0.2) is 18.2 Å². The van der Waals surface area contributed by atoms with Crippen LogP contribution in [0.1, 0.15) is 0 Å². The molecule has 0 aromatic heterocycles. The minimum atomic E-state index is 0. The van der Waals surface area contributed by atoms with Crippen LogP contribution in [0, 0.1) is 0 Å². The number of benzene rings is 1. The fourth-order valence-electron chi connectivity index (χ4n) is 0.785. The average Bonchev–Trinajstić information content (AvgIpc) is 2.05. The van der Waals surface area contributed by atoms with Gasteiger partial charge in [-0.05, 0) is 12.1 Å². The number of phenolic OH excluding ortho intramolecular Hbond substituents is 1. The molecule has 0 amide bonds. The van der Waals surface area contributed by atoms with Gasteiger partial charge in [0.15, 0.2) is 11.5 Å². The van der Waals surface area contributed by atoms with Crippen molar-refractivity contribution in [2.75, 3.05) is 14.2 Å². The molecule has 1 rings (SSSR count). The Labute approximate surface area is 110 Å². The molecule has 0 heterocycles. The van der Waals surface area contributed by atoms with E-state index in [1.54, 1.807) is 19.2 Å². The number of hydrogen-bond donors (Lipinski definition) is 1. The van der Waals surface area contributed by atoms with Crippen molar-refractivity contribution in [3.8, 4) is 17.2 Å². The molecule has 6 heteroatoms. The molecule has 0 atom stereocenters. The first-order valence-electron chi connectivity index (χ1n) is 3.19. The van der Waals surface area contributed by atoms with Gasteiger partial charge in [-0.2, -0.15) is 0 Å². The zero-order chi connectivity index (χ0) is 8.27. The minimum absolute atomic E-state index is 0. The molecule has 3 nitrogen and oxygen atoms in total. The Hall–Kier alpha value is -0.0857. The van der Waals surface area contributed by atoms with Crippen molar-refractivity contribution in [1.82, 2.24) is 0 Å². The van der Waals surface area contributed by atoms with Crippen molar-refractivity contribution >= 4 is 24.8 Å². The van der Waals surface area contributed by atoms with Crippen LogP contribution in [0.25, 0.3) is 0 Å². The number of methoxy groups -OCH3 is 2. The number of ether oxygens (including phenoxy) is 2. The first-order valence-corrected chi connectivity index (χ1v) is 3.19. The molecule has 0 aliphatic rings. The largest absolute Gasteiger partial charge is 0.504 e. The second-order valence-electron chi connectivity index (χ2n) is 2.04. The van der Waals surface area contributed by atoms with Gasteiger partial charge in [0.25, 0.3) is 0 Å². The SMILES string of the molecule is COc1ccc(O)c(OC)c1.Cl.Cl.[Ti]. The van der Waals surface area contributed by atoms with E-state index in [2.05, 4.69) is 0 Å². The third-order valence-electron chi connectivity index (χ3n) is 1.39. The molecular weight excluding hydrogens is 263 g/mol. The van der Waals surface area contributed by atoms with Crippen molar-refractivity contribution < 1.29 is 36.3 Å². The number of rotatable bonds is 2. The van der Waals surface area contributed by atoms with Crippen molar-refractivity contribution in [3.05, 3.63) is 18.2 Å². The smallest absolute Gasteiger partial charge is 0.164 e. The number of aromatic hydroxyl groups is 1. The monoisotopic (exact) mass is 274 g/mol. The number of hydrogen-bond acceptors (Lipinski definition) is 3. The number of phenols is 1. The molecule has 0 fully saturated rings. The quantitative estimate of drug-likeness (QED) is 0.841. The van der Waals surface area contributed by atoms with E-state index in [-0.39, 0.29) is 52.3 Å². The summed E-state index contributed by atoms with van der Waals surface area (Å²) in [6.07, 6.45) is 0. The maximum Gasteiger partial charge on any atom is 0.164 e. The second kappa shape index (κ2) is 9.47. The molecular formula is C8H12Cl2O3Ti. The fraction of sp³-hybridized carbons (Fsp3) is 0.250. The van der Waals surface area contributed by atoms with Gasteiger partial charge >= 0.3 is 0 Å². The van der Waals surface area contributed by atoms with Crippen LogP contribution < -0.4 is 9.47 Å². The van der Waals surface area contributed by atoms with E-state index in [0.717, 1.165) is 0 Å². The van der Waals surface area contributed by atoms with E-state index in [1.165, 1.54) is 13.2 Å². The van der Waals surface area contributed by atoms with E-state index in [0.29, 0.717) is 11.5 Å². The summed E-state index contributed by atoms with van der Waals surface area (Å²) in [5.74, 6) is 1.21. The predicted octanol–water partition coefficient (Wildman–Crippen LogP) is 2.25. The van der Waals surface area contributed by atoms with E-state index in [9.17, 15) is 0 Å². The topological polar surface area (TPSA) is 38.7 Å². The first-order chi connectivity index (χ1) is 5.27. The summed E-state index contributed by atoms with van der Waals surface area (Å²) in [4.78, 5) is 0. The molecule has 0 aliphatic carbocycles. The Morgan fingerprint density at radius 3 is 2.07 bits per heavy atom. The predicted molar refractivity (Wildman–Crippen MR) is 55.7 cm³/mol. The third kappa shape index (κ3) is 4.96. The van der Waals surface area contributed by atoms with Crippen LogP contribution in [-0.2, 0) is 21.7 Å². The molecule has 0 saturated carbocycles. The van der Waals surface area contributed by atoms with Gasteiger partial charge in [-0.3, -0.25) is 0 Å². The summed E-state index contributed by atoms with van der Waals surface area (Å²) in [6.45, 7) is 0. The summed E-state index contributed by atoms with van der Waals surface area (Å²) >= 11 is 0.